The second kappa shape index (κ2) is 5.36. The van der Waals surface area contributed by atoms with Crippen LogP contribution in [0.5, 0.6) is 0 Å². The molecule has 5 nitrogen and oxygen atoms in total. The summed E-state index contributed by atoms with van der Waals surface area (Å²) in [4.78, 5) is 13.3. The summed E-state index contributed by atoms with van der Waals surface area (Å²) in [5.74, 6) is -1.28. The predicted octanol–water partition coefficient (Wildman–Crippen LogP) is 0.829. The molecule has 0 aromatic heterocycles. The van der Waals surface area contributed by atoms with Crippen molar-refractivity contribution in [2.75, 3.05) is 18.8 Å². The van der Waals surface area contributed by atoms with Crippen molar-refractivity contribution < 1.29 is 22.2 Å². The Bertz CT molecular complexity index is 445. The molecule has 1 N–H and O–H groups in total. The molecule has 2 fully saturated rings. The van der Waals surface area contributed by atoms with Gasteiger partial charge in [0.2, 0.25) is 5.91 Å². The fourth-order valence-electron chi connectivity index (χ4n) is 3.12. The molecule has 1 heterocycles. The number of halogens is 1. The van der Waals surface area contributed by atoms with E-state index in [0.717, 1.165) is 19.3 Å². The Labute approximate surface area is 113 Å². The van der Waals surface area contributed by atoms with Gasteiger partial charge in [-0.1, -0.05) is 19.3 Å². The lowest BCUT2D eigenvalue weighted by molar-refractivity contribution is -0.131. The Kier molecular flexibility index (Phi) is 4.15. The Morgan fingerprint density at radius 1 is 1.32 bits per heavy atom. The molecule has 0 radical (unpaired) electrons. The molecule has 1 saturated carbocycles. The predicted molar refractivity (Wildman–Crippen MR) is 67.6 cm³/mol. The van der Waals surface area contributed by atoms with Crippen LogP contribution >= 0.6 is 0 Å². The van der Waals surface area contributed by atoms with Gasteiger partial charge in [0.15, 0.2) is 0 Å². The average molecular weight is 293 g/mol. The first kappa shape index (κ1) is 14.7. The van der Waals surface area contributed by atoms with Gasteiger partial charge in [-0.25, -0.2) is 0 Å². The lowest BCUT2D eigenvalue weighted by atomic mass is 9.84. The summed E-state index contributed by atoms with van der Waals surface area (Å²) in [5, 5.41) is 10.4. The van der Waals surface area contributed by atoms with Crippen LogP contribution in [0.25, 0.3) is 0 Å². The number of likely N-dealkylation sites (tertiary alicyclic amines) is 1. The minimum atomic E-state index is -4.54. The van der Waals surface area contributed by atoms with Crippen LogP contribution in [0, 0.1) is 5.92 Å². The number of hydrogen-bond donors (Lipinski definition) is 1. The highest BCUT2D eigenvalue weighted by atomic mass is 32.3. The molecular weight excluding hydrogens is 273 g/mol. The fourth-order valence-corrected chi connectivity index (χ4v) is 3.91. The van der Waals surface area contributed by atoms with Crippen molar-refractivity contribution in [3.63, 3.8) is 0 Å². The number of carbonyl (C=O) groups is 1. The lowest BCUT2D eigenvalue weighted by Gasteiger charge is -2.35. The van der Waals surface area contributed by atoms with Gasteiger partial charge in [0.25, 0.3) is 0 Å². The fraction of sp³-hybridized carbons (Fsp3) is 0.917. The zero-order chi connectivity index (χ0) is 14.1. The van der Waals surface area contributed by atoms with E-state index in [-0.39, 0.29) is 25.4 Å². The monoisotopic (exact) mass is 293 g/mol. The Hall–Kier alpha value is -0.690. The first-order valence-corrected chi connectivity index (χ1v) is 8.25. The summed E-state index contributed by atoms with van der Waals surface area (Å²) >= 11 is 0. The molecule has 0 aromatic carbocycles. The Morgan fingerprint density at radius 2 is 1.95 bits per heavy atom. The van der Waals surface area contributed by atoms with Gasteiger partial charge in [0.1, 0.15) is 0 Å². The molecule has 1 unspecified atom stereocenters. The van der Waals surface area contributed by atoms with E-state index in [1.54, 1.807) is 0 Å². The maximum absolute atomic E-state index is 12.6. The van der Waals surface area contributed by atoms with Crippen molar-refractivity contribution in [3.8, 4) is 0 Å². The SMILES string of the molecule is O=C1CC(CS(=O)(=O)F)CN1CC1(O)CCCCC1. The summed E-state index contributed by atoms with van der Waals surface area (Å²) < 4.78 is 33.8. The maximum atomic E-state index is 12.6. The van der Waals surface area contributed by atoms with Crippen LogP contribution < -0.4 is 0 Å². The maximum Gasteiger partial charge on any atom is 0.302 e. The summed E-state index contributed by atoms with van der Waals surface area (Å²) in [6, 6.07) is 0. The molecule has 1 atom stereocenters. The van der Waals surface area contributed by atoms with E-state index in [4.69, 9.17) is 0 Å². The van der Waals surface area contributed by atoms with Crippen LogP contribution in [0.4, 0.5) is 3.89 Å². The standard InChI is InChI=1S/C12H20FNO4S/c13-19(17,18)8-10-6-11(15)14(7-10)9-12(16)4-2-1-3-5-12/h10,16H,1-9H2. The number of carbonyl (C=O) groups excluding carboxylic acids is 1. The summed E-state index contributed by atoms with van der Waals surface area (Å²) in [6.45, 7) is 0.471. The van der Waals surface area contributed by atoms with Crippen molar-refractivity contribution in [2.45, 2.75) is 44.1 Å². The van der Waals surface area contributed by atoms with Gasteiger partial charge in [0.05, 0.1) is 11.4 Å². The molecule has 2 aliphatic rings. The second-order valence-corrected chi connectivity index (χ2v) is 7.25. The average Bonchev–Trinajstić information content (AvgIpc) is 2.56. The zero-order valence-corrected chi connectivity index (χ0v) is 11.7. The Balaban J connectivity index is 1.93. The van der Waals surface area contributed by atoms with Crippen LogP contribution in [-0.4, -0.2) is 48.8 Å². The van der Waals surface area contributed by atoms with E-state index in [1.165, 1.54) is 4.90 Å². The third kappa shape index (κ3) is 4.14. The molecule has 1 saturated heterocycles. The van der Waals surface area contributed by atoms with E-state index in [0.29, 0.717) is 12.8 Å². The highest BCUT2D eigenvalue weighted by Gasteiger charge is 2.38. The number of hydrogen-bond acceptors (Lipinski definition) is 4. The molecule has 7 heteroatoms. The highest BCUT2D eigenvalue weighted by molar-refractivity contribution is 7.86. The Morgan fingerprint density at radius 3 is 2.53 bits per heavy atom. The van der Waals surface area contributed by atoms with E-state index >= 15 is 0 Å². The molecule has 0 aromatic rings. The van der Waals surface area contributed by atoms with Crippen LogP contribution in [0.3, 0.4) is 0 Å². The minimum Gasteiger partial charge on any atom is -0.388 e. The molecule has 0 spiro atoms. The van der Waals surface area contributed by atoms with Crippen LogP contribution in [0.15, 0.2) is 0 Å². The highest BCUT2D eigenvalue weighted by Crippen LogP contribution is 2.31. The number of rotatable bonds is 4. The second-order valence-electron chi connectivity index (χ2n) is 5.83. The molecule has 0 bridgehead atoms. The summed E-state index contributed by atoms with van der Waals surface area (Å²) in [7, 11) is -4.54. The van der Waals surface area contributed by atoms with Crippen LogP contribution in [-0.2, 0) is 15.0 Å². The largest absolute Gasteiger partial charge is 0.388 e. The van der Waals surface area contributed by atoms with Crippen LogP contribution in [0.2, 0.25) is 0 Å². The third-order valence-corrected chi connectivity index (χ3v) is 4.87. The molecule has 1 aliphatic heterocycles. The van der Waals surface area contributed by atoms with Crippen molar-refractivity contribution in [1.82, 2.24) is 4.90 Å². The lowest BCUT2D eigenvalue weighted by Crippen LogP contribution is -2.45. The van der Waals surface area contributed by atoms with Crippen molar-refractivity contribution >= 4 is 16.1 Å². The zero-order valence-electron chi connectivity index (χ0n) is 10.8. The van der Waals surface area contributed by atoms with Crippen molar-refractivity contribution in [1.29, 1.82) is 0 Å². The molecule has 1 aliphatic carbocycles. The number of aliphatic hydroxyl groups is 1. The quantitative estimate of drug-likeness (QED) is 0.779. The molecule has 1 amide bonds. The topological polar surface area (TPSA) is 74.7 Å². The summed E-state index contributed by atoms with van der Waals surface area (Å²) in [6.07, 6.45) is 4.38. The first-order valence-electron chi connectivity index (χ1n) is 6.70. The van der Waals surface area contributed by atoms with Gasteiger partial charge >= 0.3 is 10.2 Å². The first-order chi connectivity index (χ1) is 8.77. The molecular formula is C12H20FNO4S. The van der Waals surface area contributed by atoms with Gasteiger partial charge in [0, 0.05) is 25.4 Å². The van der Waals surface area contributed by atoms with E-state index in [1.807, 2.05) is 0 Å². The third-order valence-electron chi connectivity index (χ3n) is 4.00. The van der Waals surface area contributed by atoms with Gasteiger partial charge in [-0.05, 0) is 12.8 Å². The van der Waals surface area contributed by atoms with Gasteiger partial charge in [-0.3, -0.25) is 4.79 Å². The van der Waals surface area contributed by atoms with Gasteiger partial charge in [-0.2, -0.15) is 8.42 Å². The van der Waals surface area contributed by atoms with Crippen LogP contribution in [0.1, 0.15) is 38.5 Å². The minimum absolute atomic E-state index is 0.0548. The molecule has 19 heavy (non-hydrogen) atoms. The van der Waals surface area contributed by atoms with E-state index in [9.17, 15) is 22.2 Å². The van der Waals surface area contributed by atoms with E-state index < -0.39 is 27.5 Å². The number of β-amino-alcohol motifs (C(OH)–C–C–N with tert-alkyl or cyclic N) is 1. The normalized spacial score (nSPS) is 27.8. The molecule has 110 valence electrons. The van der Waals surface area contributed by atoms with Gasteiger partial charge < -0.3 is 10.0 Å². The number of nitrogens with zero attached hydrogens (tertiary/aromatic N) is 1. The smallest absolute Gasteiger partial charge is 0.302 e. The number of amides is 1. The van der Waals surface area contributed by atoms with Crippen molar-refractivity contribution in [2.24, 2.45) is 5.92 Å². The van der Waals surface area contributed by atoms with E-state index in [2.05, 4.69) is 0 Å². The summed E-state index contributed by atoms with van der Waals surface area (Å²) in [5.41, 5.74) is -0.850. The molecule has 2 rings (SSSR count). The van der Waals surface area contributed by atoms with Gasteiger partial charge in [-0.15, -0.1) is 3.89 Å². The van der Waals surface area contributed by atoms with Crippen molar-refractivity contribution in [3.05, 3.63) is 0 Å².